The maximum atomic E-state index is 11.4. The van der Waals surface area contributed by atoms with Gasteiger partial charge in [0.05, 0.1) is 6.04 Å². The fourth-order valence-corrected chi connectivity index (χ4v) is 2.58. The third-order valence-corrected chi connectivity index (χ3v) is 3.49. The molecule has 1 N–H and O–H groups in total. The molecule has 1 aromatic rings. The molecule has 0 saturated carbocycles. The summed E-state index contributed by atoms with van der Waals surface area (Å²) in [5.41, 5.74) is 1.39. The standard InChI is InChI=1S/C17H22N2O3/c1-17(2,3)15-14(10-7-11-19(15)16(20)21)18-22-12-13-8-5-4-6-9-13/h4-10,15H,11-12H2,1-3H3,(H,20,21). The van der Waals surface area contributed by atoms with E-state index >= 15 is 0 Å². The summed E-state index contributed by atoms with van der Waals surface area (Å²) in [6, 6.07) is 9.42. The Morgan fingerprint density at radius 3 is 2.64 bits per heavy atom. The van der Waals surface area contributed by atoms with E-state index in [1.807, 2.05) is 57.2 Å². The molecule has 2 rings (SSSR count). The smallest absolute Gasteiger partial charge is 0.408 e. The summed E-state index contributed by atoms with van der Waals surface area (Å²) in [4.78, 5) is 18.3. The molecule has 1 amide bonds. The third kappa shape index (κ3) is 3.87. The van der Waals surface area contributed by atoms with Crippen molar-refractivity contribution in [2.45, 2.75) is 33.4 Å². The Balaban J connectivity index is 2.15. The molecule has 118 valence electrons. The lowest BCUT2D eigenvalue weighted by Gasteiger charge is -2.39. The molecule has 1 atom stereocenters. The van der Waals surface area contributed by atoms with Gasteiger partial charge in [-0.3, -0.25) is 4.90 Å². The van der Waals surface area contributed by atoms with Crippen molar-refractivity contribution < 1.29 is 14.7 Å². The summed E-state index contributed by atoms with van der Waals surface area (Å²) in [5.74, 6) is 0. The molecule has 0 aromatic heterocycles. The van der Waals surface area contributed by atoms with Gasteiger partial charge in [-0.15, -0.1) is 0 Å². The Morgan fingerprint density at radius 2 is 2.05 bits per heavy atom. The molecule has 5 nitrogen and oxygen atoms in total. The van der Waals surface area contributed by atoms with E-state index in [9.17, 15) is 9.90 Å². The fourth-order valence-electron chi connectivity index (χ4n) is 2.58. The fraction of sp³-hybridized carbons (Fsp3) is 0.412. The van der Waals surface area contributed by atoms with Crippen molar-refractivity contribution in [2.75, 3.05) is 6.54 Å². The molecule has 1 unspecified atom stereocenters. The predicted octanol–water partition coefficient (Wildman–Crippen LogP) is 3.52. The topological polar surface area (TPSA) is 62.1 Å². The number of amides is 1. The van der Waals surface area contributed by atoms with Gasteiger partial charge in [-0.25, -0.2) is 4.79 Å². The zero-order chi connectivity index (χ0) is 16.2. The summed E-state index contributed by atoms with van der Waals surface area (Å²) in [5, 5.41) is 13.6. The number of hydrogen-bond donors (Lipinski definition) is 1. The van der Waals surface area contributed by atoms with E-state index in [-0.39, 0.29) is 11.5 Å². The van der Waals surface area contributed by atoms with E-state index in [2.05, 4.69) is 5.16 Å². The number of oxime groups is 1. The van der Waals surface area contributed by atoms with Crippen LogP contribution in [0.4, 0.5) is 4.79 Å². The number of carboxylic acid groups (broad SMARTS) is 1. The second-order valence-corrected chi connectivity index (χ2v) is 6.38. The van der Waals surface area contributed by atoms with Gasteiger partial charge in [-0.1, -0.05) is 62.3 Å². The zero-order valence-corrected chi connectivity index (χ0v) is 13.2. The van der Waals surface area contributed by atoms with Gasteiger partial charge in [0.1, 0.15) is 12.3 Å². The largest absolute Gasteiger partial charge is 0.465 e. The van der Waals surface area contributed by atoms with Crippen LogP contribution in [0.5, 0.6) is 0 Å². The summed E-state index contributed by atoms with van der Waals surface area (Å²) in [7, 11) is 0. The van der Waals surface area contributed by atoms with Crippen LogP contribution in [0.2, 0.25) is 0 Å². The second kappa shape index (κ2) is 6.64. The highest BCUT2D eigenvalue weighted by Crippen LogP contribution is 2.28. The first-order valence-electron chi connectivity index (χ1n) is 7.29. The van der Waals surface area contributed by atoms with Crippen molar-refractivity contribution in [1.82, 2.24) is 4.90 Å². The highest BCUT2D eigenvalue weighted by atomic mass is 16.6. The maximum Gasteiger partial charge on any atom is 0.408 e. The Morgan fingerprint density at radius 1 is 1.36 bits per heavy atom. The number of hydrogen-bond acceptors (Lipinski definition) is 3. The van der Waals surface area contributed by atoms with Gasteiger partial charge in [0, 0.05) is 6.54 Å². The maximum absolute atomic E-state index is 11.4. The van der Waals surface area contributed by atoms with E-state index in [1.165, 1.54) is 4.90 Å². The molecule has 1 aliphatic rings. The number of carbonyl (C=O) groups is 1. The molecule has 0 fully saturated rings. The molecule has 22 heavy (non-hydrogen) atoms. The van der Waals surface area contributed by atoms with Crippen LogP contribution >= 0.6 is 0 Å². The van der Waals surface area contributed by atoms with Crippen molar-refractivity contribution in [3.8, 4) is 0 Å². The van der Waals surface area contributed by atoms with Crippen molar-refractivity contribution in [2.24, 2.45) is 10.6 Å². The van der Waals surface area contributed by atoms with E-state index in [4.69, 9.17) is 4.84 Å². The van der Waals surface area contributed by atoms with Gasteiger partial charge in [0.2, 0.25) is 0 Å². The lowest BCUT2D eigenvalue weighted by atomic mass is 9.81. The van der Waals surface area contributed by atoms with E-state index in [0.29, 0.717) is 18.9 Å². The van der Waals surface area contributed by atoms with Crippen molar-refractivity contribution in [3.05, 3.63) is 48.0 Å². The molecular weight excluding hydrogens is 280 g/mol. The molecule has 0 saturated heterocycles. The van der Waals surface area contributed by atoms with Crippen LogP contribution in [0.3, 0.4) is 0 Å². The summed E-state index contributed by atoms with van der Waals surface area (Å²) in [6.07, 6.45) is 2.70. The van der Waals surface area contributed by atoms with Crippen LogP contribution in [0.15, 0.2) is 47.6 Å². The van der Waals surface area contributed by atoms with Crippen LogP contribution in [0.25, 0.3) is 0 Å². The molecule has 1 aromatic carbocycles. The molecule has 1 aliphatic heterocycles. The van der Waals surface area contributed by atoms with Crippen molar-refractivity contribution >= 4 is 11.8 Å². The van der Waals surface area contributed by atoms with Gasteiger partial charge in [-0.2, -0.15) is 0 Å². The first kappa shape index (κ1) is 16.1. The number of benzene rings is 1. The minimum absolute atomic E-state index is 0.266. The first-order valence-corrected chi connectivity index (χ1v) is 7.29. The Hall–Kier alpha value is -2.30. The van der Waals surface area contributed by atoms with Crippen LogP contribution in [-0.2, 0) is 11.4 Å². The Labute approximate surface area is 130 Å². The minimum atomic E-state index is -0.944. The molecule has 0 bridgehead atoms. The van der Waals surface area contributed by atoms with Crippen molar-refractivity contribution in [1.29, 1.82) is 0 Å². The van der Waals surface area contributed by atoms with Crippen LogP contribution < -0.4 is 0 Å². The average molecular weight is 302 g/mol. The van der Waals surface area contributed by atoms with E-state index in [0.717, 1.165) is 5.56 Å². The quantitative estimate of drug-likeness (QED) is 0.869. The van der Waals surface area contributed by atoms with E-state index in [1.54, 1.807) is 6.08 Å². The Bertz CT molecular complexity index is 573. The Kier molecular flexibility index (Phi) is 4.85. The lowest BCUT2D eigenvalue weighted by Crippen LogP contribution is -2.53. The van der Waals surface area contributed by atoms with Crippen LogP contribution in [-0.4, -0.2) is 34.4 Å². The molecule has 0 spiro atoms. The SMILES string of the molecule is CC(C)(C)C1C(=NOCc2ccccc2)C=CCN1C(=O)O. The minimum Gasteiger partial charge on any atom is -0.465 e. The van der Waals surface area contributed by atoms with Gasteiger partial charge < -0.3 is 9.94 Å². The normalized spacial score (nSPS) is 20.2. The average Bonchev–Trinajstić information content (AvgIpc) is 2.47. The third-order valence-electron chi connectivity index (χ3n) is 3.49. The molecular formula is C17H22N2O3. The lowest BCUT2D eigenvalue weighted by molar-refractivity contribution is 0.103. The highest BCUT2D eigenvalue weighted by molar-refractivity contribution is 6.01. The van der Waals surface area contributed by atoms with Crippen LogP contribution in [0, 0.1) is 5.41 Å². The molecule has 5 heteroatoms. The van der Waals surface area contributed by atoms with E-state index < -0.39 is 6.09 Å². The number of rotatable bonds is 3. The number of nitrogens with zero attached hydrogens (tertiary/aromatic N) is 2. The molecule has 1 heterocycles. The summed E-state index contributed by atoms with van der Waals surface area (Å²) in [6.45, 7) is 6.73. The van der Waals surface area contributed by atoms with Crippen molar-refractivity contribution in [3.63, 3.8) is 0 Å². The predicted molar refractivity (Wildman–Crippen MR) is 85.8 cm³/mol. The monoisotopic (exact) mass is 302 g/mol. The summed E-state index contributed by atoms with van der Waals surface area (Å²) >= 11 is 0. The van der Waals surface area contributed by atoms with Gasteiger partial charge in [0.15, 0.2) is 0 Å². The summed E-state index contributed by atoms with van der Waals surface area (Å²) < 4.78 is 0. The zero-order valence-electron chi connectivity index (χ0n) is 13.2. The molecule has 0 radical (unpaired) electrons. The highest BCUT2D eigenvalue weighted by Gasteiger charge is 2.38. The molecule has 0 aliphatic carbocycles. The van der Waals surface area contributed by atoms with Gasteiger partial charge >= 0.3 is 6.09 Å². The van der Waals surface area contributed by atoms with Crippen LogP contribution in [0.1, 0.15) is 26.3 Å². The van der Waals surface area contributed by atoms with Gasteiger partial charge in [-0.05, 0) is 17.1 Å². The first-order chi connectivity index (χ1) is 10.4. The second-order valence-electron chi connectivity index (χ2n) is 6.38. The van der Waals surface area contributed by atoms with Gasteiger partial charge in [0.25, 0.3) is 0 Å².